The van der Waals surface area contributed by atoms with Crippen LogP contribution in [0.2, 0.25) is 0 Å². The van der Waals surface area contributed by atoms with Crippen molar-refractivity contribution in [2.75, 3.05) is 19.8 Å². The van der Waals surface area contributed by atoms with Crippen molar-refractivity contribution in [3.63, 3.8) is 0 Å². The second kappa shape index (κ2) is 5.55. The van der Waals surface area contributed by atoms with Crippen LogP contribution in [-0.4, -0.2) is 28.2 Å². The van der Waals surface area contributed by atoms with E-state index in [1.165, 1.54) is 12.1 Å². The monoisotopic (exact) mass is 273 g/mol. The molecule has 0 amide bonds. The van der Waals surface area contributed by atoms with Gasteiger partial charge in [-0.2, -0.15) is 0 Å². The highest BCUT2D eigenvalue weighted by Crippen LogP contribution is 2.31. The van der Waals surface area contributed by atoms with Gasteiger partial charge in [-0.1, -0.05) is 4.89 Å². The van der Waals surface area contributed by atoms with Gasteiger partial charge in [0.15, 0.2) is 11.5 Å². The lowest BCUT2D eigenvalue weighted by atomic mass is 10.3. The molecule has 7 heteroatoms. The van der Waals surface area contributed by atoms with E-state index < -0.39 is 10.0 Å². The quantitative estimate of drug-likeness (QED) is 0.831. The van der Waals surface area contributed by atoms with Gasteiger partial charge in [0.25, 0.3) is 10.0 Å². The van der Waals surface area contributed by atoms with E-state index in [0.717, 1.165) is 6.42 Å². The van der Waals surface area contributed by atoms with Gasteiger partial charge in [0, 0.05) is 12.5 Å². The molecule has 0 fully saturated rings. The fourth-order valence-corrected chi connectivity index (χ4v) is 2.37. The van der Waals surface area contributed by atoms with Crippen LogP contribution in [0.25, 0.3) is 0 Å². The number of benzene rings is 1. The summed E-state index contributed by atoms with van der Waals surface area (Å²) in [7, 11) is -3.68. The minimum absolute atomic E-state index is 0.0835. The van der Waals surface area contributed by atoms with Crippen LogP contribution < -0.4 is 14.4 Å². The van der Waals surface area contributed by atoms with E-state index in [9.17, 15) is 8.42 Å². The largest absolute Gasteiger partial charge is 0.490 e. The smallest absolute Gasteiger partial charge is 0.262 e. The van der Waals surface area contributed by atoms with Crippen molar-refractivity contribution in [3.8, 4) is 11.5 Å². The lowest BCUT2D eigenvalue weighted by Crippen LogP contribution is -2.24. The summed E-state index contributed by atoms with van der Waals surface area (Å²) in [6, 6.07) is 4.47. The Labute approximate surface area is 106 Å². The number of sulfonamides is 1. The third-order valence-corrected chi connectivity index (χ3v) is 3.55. The maximum Gasteiger partial charge on any atom is 0.262 e. The molecular weight excluding hydrogens is 258 g/mol. The second-order valence-electron chi connectivity index (χ2n) is 3.68. The molecule has 1 aliphatic rings. The molecule has 0 saturated heterocycles. The number of fused-ring (bicyclic) bond motifs is 1. The molecular formula is C11H15NO5S. The van der Waals surface area contributed by atoms with Gasteiger partial charge in [-0.05, 0) is 19.1 Å². The van der Waals surface area contributed by atoms with Gasteiger partial charge in [-0.3, -0.25) is 4.84 Å². The molecule has 0 aliphatic carbocycles. The molecule has 1 heterocycles. The Bertz CT molecular complexity index is 514. The van der Waals surface area contributed by atoms with Crippen LogP contribution >= 0.6 is 0 Å². The molecule has 6 nitrogen and oxygen atoms in total. The topological polar surface area (TPSA) is 73.9 Å². The van der Waals surface area contributed by atoms with Gasteiger partial charge in [0.05, 0.1) is 24.7 Å². The minimum Gasteiger partial charge on any atom is -0.490 e. The summed E-state index contributed by atoms with van der Waals surface area (Å²) in [5.41, 5.74) is 0. The van der Waals surface area contributed by atoms with E-state index in [2.05, 4.69) is 0 Å². The van der Waals surface area contributed by atoms with Crippen LogP contribution in [0.1, 0.15) is 13.3 Å². The van der Waals surface area contributed by atoms with Crippen LogP contribution in [0, 0.1) is 0 Å². The summed E-state index contributed by atoms with van der Waals surface area (Å²) >= 11 is 0. The zero-order chi connectivity index (χ0) is 13.0. The lowest BCUT2D eigenvalue weighted by Gasteiger charge is -2.10. The first-order valence-corrected chi connectivity index (χ1v) is 7.15. The van der Waals surface area contributed by atoms with Gasteiger partial charge in [-0.25, -0.2) is 8.42 Å². The maximum absolute atomic E-state index is 11.8. The van der Waals surface area contributed by atoms with Gasteiger partial charge in [0.2, 0.25) is 0 Å². The summed E-state index contributed by atoms with van der Waals surface area (Å²) in [6.07, 6.45) is 0.772. The second-order valence-corrected chi connectivity index (χ2v) is 5.32. The third kappa shape index (κ3) is 2.92. The molecule has 1 aromatic rings. The average molecular weight is 273 g/mol. The van der Waals surface area contributed by atoms with Gasteiger partial charge < -0.3 is 9.47 Å². The van der Waals surface area contributed by atoms with Crippen molar-refractivity contribution in [3.05, 3.63) is 18.2 Å². The number of nitrogens with one attached hydrogen (secondary N) is 1. The highest BCUT2D eigenvalue weighted by Gasteiger charge is 2.18. The molecule has 0 aromatic heterocycles. The number of ether oxygens (including phenoxy) is 2. The molecule has 100 valence electrons. The van der Waals surface area contributed by atoms with Crippen LogP contribution in [-0.2, 0) is 14.9 Å². The van der Waals surface area contributed by atoms with E-state index in [1.807, 2.05) is 4.89 Å². The fraction of sp³-hybridized carbons (Fsp3) is 0.455. The summed E-state index contributed by atoms with van der Waals surface area (Å²) < 4.78 is 34.5. The Morgan fingerprint density at radius 3 is 2.72 bits per heavy atom. The standard InChI is InChI=1S/C11H15NO5S/c1-2-17-12-18(13,14)9-4-5-10-11(8-9)16-7-3-6-15-10/h4-5,8,12H,2-3,6-7H2,1H3. The molecule has 0 radical (unpaired) electrons. The van der Waals surface area contributed by atoms with Gasteiger partial charge in [0.1, 0.15) is 0 Å². The molecule has 0 unspecified atom stereocenters. The van der Waals surface area contributed by atoms with E-state index in [0.29, 0.717) is 24.7 Å². The van der Waals surface area contributed by atoms with E-state index >= 15 is 0 Å². The van der Waals surface area contributed by atoms with E-state index in [4.69, 9.17) is 14.3 Å². The van der Waals surface area contributed by atoms with Crippen molar-refractivity contribution >= 4 is 10.0 Å². The van der Waals surface area contributed by atoms with Crippen LogP contribution in [0.3, 0.4) is 0 Å². The molecule has 0 spiro atoms. The maximum atomic E-state index is 11.8. The van der Waals surface area contributed by atoms with Crippen molar-refractivity contribution in [2.24, 2.45) is 0 Å². The first-order chi connectivity index (χ1) is 8.63. The third-order valence-electron chi connectivity index (χ3n) is 2.34. The number of hydrogen-bond donors (Lipinski definition) is 1. The SMILES string of the molecule is CCONS(=O)(=O)c1ccc2c(c1)OCCCO2. The average Bonchev–Trinajstić information content (AvgIpc) is 2.60. The fourth-order valence-electron chi connectivity index (χ4n) is 1.50. The predicted molar refractivity (Wildman–Crippen MR) is 64.0 cm³/mol. The predicted octanol–water partition coefficient (Wildman–Crippen LogP) is 1.08. The molecule has 18 heavy (non-hydrogen) atoms. The van der Waals surface area contributed by atoms with Gasteiger partial charge >= 0.3 is 0 Å². The van der Waals surface area contributed by atoms with Crippen LogP contribution in [0.4, 0.5) is 0 Å². The van der Waals surface area contributed by atoms with E-state index in [1.54, 1.807) is 13.0 Å². The molecule has 0 saturated carbocycles. The molecule has 1 aliphatic heterocycles. The molecule has 1 N–H and O–H groups in total. The van der Waals surface area contributed by atoms with Crippen molar-refractivity contribution in [1.82, 2.24) is 4.89 Å². The Kier molecular flexibility index (Phi) is 4.05. The summed E-state index contributed by atoms with van der Waals surface area (Å²) in [6.45, 7) is 3.02. The molecule has 0 atom stereocenters. The number of rotatable bonds is 4. The number of hydrogen-bond acceptors (Lipinski definition) is 5. The Hall–Kier alpha value is -1.31. The Balaban J connectivity index is 2.27. The van der Waals surface area contributed by atoms with Crippen molar-refractivity contribution in [2.45, 2.75) is 18.2 Å². The highest BCUT2D eigenvalue weighted by atomic mass is 32.2. The zero-order valence-corrected chi connectivity index (χ0v) is 10.8. The Morgan fingerprint density at radius 2 is 2.00 bits per heavy atom. The summed E-state index contributed by atoms with van der Waals surface area (Å²) in [4.78, 5) is 6.82. The molecule has 2 rings (SSSR count). The van der Waals surface area contributed by atoms with E-state index in [-0.39, 0.29) is 11.5 Å². The Morgan fingerprint density at radius 1 is 1.28 bits per heavy atom. The van der Waals surface area contributed by atoms with Crippen molar-refractivity contribution < 1.29 is 22.7 Å². The minimum atomic E-state index is -3.68. The van der Waals surface area contributed by atoms with Gasteiger partial charge in [-0.15, -0.1) is 0 Å². The van der Waals surface area contributed by atoms with Crippen molar-refractivity contribution in [1.29, 1.82) is 0 Å². The summed E-state index contributed by atoms with van der Waals surface area (Å²) in [5.74, 6) is 0.995. The first-order valence-electron chi connectivity index (χ1n) is 5.67. The molecule has 0 bridgehead atoms. The van der Waals surface area contributed by atoms with Crippen LogP contribution in [0.15, 0.2) is 23.1 Å². The van der Waals surface area contributed by atoms with Crippen LogP contribution in [0.5, 0.6) is 11.5 Å². The first kappa shape index (κ1) is 13.1. The highest BCUT2D eigenvalue weighted by molar-refractivity contribution is 7.89. The normalized spacial score (nSPS) is 15.2. The summed E-state index contributed by atoms with van der Waals surface area (Å²) in [5, 5.41) is 0. The zero-order valence-electron chi connectivity index (χ0n) is 10.0. The molecule has 1 aromatic carbocycles. The lowest BCUT2D eigenvalue weighted by molar-refractivity contribution is 0.105.